The first-order valence-corrected chi connectivity index (χ1v) is 9.82. The molecule has 3 amide bonds. The summed E-state index contributed by atoms with van der Waals surface area (Å²) >= 11 is 3.44. The van der Waals surface area contributed by atoms with Crippen LogP contribution in [0.1, 0.15) is 12.0 Å². The lowest BCUT2D eigenvalue weighted by Crippen LogP contribution is -2.39. The van der Waals surface area contributed by atoms with Crippen LogP contribution >= 0.6 is 15.9 Å². The van der Waals surface area contributed by atoms with Gasteiger partial charge >= 0.3 is 6.03 Å². The molecule has 1 saturated heterocycles. The first-order chi connectivity index (χ1) is 13.5. The van der Waals surface area contributed by atoms with Crippen molar-refractivity contribution >= 4 is 39.2 Å². The van der Waals surface area contributed by atoms with E-state index in [1.165, 1.54) is 0 Å². The van der Waals surface area contributed by atoms with Crippen LogP contribution in [0.3, 0.4) is 0 Å². The number of hydrogen-bond acceptors (Lipinski definition) is 4. The summed E-state index contributed by atoms with van der Waals surface area (Å²) in [6.07, 6.45) is 0.251. The first kappa shape index (κ1) is 18.6. The monoisotopic (exact) mass is 445 g/mol. The second kappa shape index (κ2) is 7.71. The van der Waals surface area contributed by atoms with Crippen molar-refractivity contribution in [1.29, 1.82) is 0 Å². The molecule has 2 aromatic rings. The van der Waals surface area contributed by atoms with Crippen LogP contribution in [-0.2, 0) is 4.79 Å². The number of halogens is 1. The van der Waals surface area contributed by atoms with Gasteiger partial charge in [-0.3, -0.25) is 4.79 Å². The number of rotatable bonds is 3. The first-order valence-electron chi connectivity index (χ1n) is 9.03. The van der Waals surface area contributed by atoms with Gasteiger partial charge in [0.25, 0.3) is 0 Å². The third-order valence-electron chi connectivity index (χ3n) is 4.71. The predicted molar refractivity (Wildman–Crippen MR) is 109 cm³/mol. The Bertz CT molecular complexity index is 934. The molecule has 2 N–H and O–H groups in total. The molecular formula is C20H20BrN3O4. The summed E-state index contributed by atoms with van der Waals surface area (Å²) < 4.78 is 12.1. The fraction of sp³-hybridized carbons (Fsp3) is 0.300. The van der Waals surface area contributed by atoms with E-state index < -0.39 is 0 Å². The van der Waals surface area contributed by atoms with Gasteiger partial charge in [-0.05, 0) is 42.8 Å². The molecule has 8 heteroatoms. The summed E-state index contributed by atoms with van der Waals surface area (Å²) in [5, 5.41) is 5.68. The summed E-state index contributed by atoms with van der Waals surface area (Å²) in [5.74, 6) is 1.28. The molecule has 2 aliphatic heterocycles. The minimum Gasteiger partial charge on any atom is -0.486 e. The predicted octanol–water partition coefficient (Wildman–Crippen LogP) is 3.46. The van der Waals surface area contributed by atoms with Crippen LogP contribution in [0, 0.1) is 6.92 Å². The van der Waals surface area contributed by atoms with Crippen LogP contribution in [0.2, 0.25) is 0 Å². The molecule has 2 heterocycles. The number of anilines is 2. The maximum absolute atomic E-state index is 12.5. The minimum absolute atomic E-state index is 0.0403. The van der Waals surface area contributed by atoms with E-state index in [0.717, 1.165) is 15.7 Å². The number of ether oxygens (including phenoxy) is 2. The Morgan fingerprint density at radius 2 is 1.93 bits per heavy atom. The van der Waals surface area contributed by atoms with E-state index in [0.29, 0.717) is 36.9 Å². The normalized spacial score (nSPS) is 18.1. The molecule has 0 bridgehead atoms. The Kier molecular flexibility index (Phi) is 5.13. The van der Waals surface area contributed by atoms with Gasteiger partial charge < -0.3 is 25.0 Å². The van der Waals surface area contributed by atoms with E-state index in [1.54, 1.807) is 17.0 Å². The van der Waals surface area contributed by atoms with Gasteiger partial charge in [0.05, 0.1) is 6.04 Å². The SMILES string of the molecule is Cc1cc(NC(=O)N[C@H]2CC(=O)N(c3ccc4c(c3)OCCO4)C2)ccc1Br. The Labute approximate surface area is 171 Å². The van der Waals surface area contributed by atoms with Crippen LogP contribution in [0.25, 0.3) is 0 Å². The van der Waals surface area contributed by atoms with E-state index in [9.17, 15) is 9.59 Å². The lowest BCUT2D eigenvalue weighted by atomic mass is 10.2. The van der Waals surface area contributed by atoms with Gasteiger partial charge in [-0.25, -0.2) is 4.79 Å². The highest BCUT2D eigenvalue weighted by Crippen LogP contribution is 2.35. The van der Waals surface area contributed by atoms with Gasteiger partial charge in [0.15, 0.2) is 11.5 Å². The summed E-state index contributed by atoms with van der Waals surface area (Å²) in [4.78, 5) is 26.4. The van der Waals surface area contributed by atoms with E-state index >= 15 is 0 Å². The average molecular weight is 446 g/mol. The molecule has 1 atom stereocenters. The second-order valence-corrected chi connectivity index (χ2v) is 7.65. The van der Waals surface area contributed by atoms with Crippen LogP contribution < -0.4 is 25.0 Å². The fourth-order valence-electron chi connectivity index (χ4n) is 3.33. The highest BCUT2D eigenvalue weighted by atomic mass is 79.9. The molecule has 1 fully saturated rings. The number of benzene rings is 2. The smallest absolute Gasteiger partial charge is 0.319 e. The maximum atomic E-state index is 12.5. The molecule has 2 aromatic carbocycles. The maximum Gasteiger partial charge on any atom is 0.319 e. The van der Waals surface area contributed by atoms with Crippen molar-refractivity contribution in [2.75, 3.05) is 30.0 Å². The average Bonchev–Trinajstić information content (AvgIpc) is 3.04. The number of urea groups is 1. The van der Waals surface area contributed by atoms with Crippen molar-refractivity contribution in [3.63, 3.8) is 0 Å². The molecule has 146 valence electrons. The van der Waals surface area contributed by atoms with Gasteiger partial charge in [0, 0.05) is 34.9 Å². The summed E-state index contributed by atoms with van der Waals surface area (Å²) in [6.45, 7) is 3.37. The van der Waals surface area contributed by atoms with Crippen molar-refractivity contribution in [3.8, 4) is 11.5 Å². The van der Waals surface area contributed by atoms with E-state index in [2.05, 4.69) is 26.6 Å². The fourth-order valence-corrected chi connectivity index (χ4v) is 3.58. The number of carbonyl (C=O) groups is 2. The lowest BCUT2D eigenvalue weighted by molar-refractivity contribution is -0.117. The van der Waals surface area contributed by atoms with Crippen molar-refractivity contribution in [2.24, 2.45) is 0 Å². The number of nitrogens with zero attached hydrogens (tertiary/aromatic N) is 1. The van der Waals surface area contributed by atoms with Gasteiger partial charge in [-0.15, -0.1) is 0 Å². The molecule has 0 saturated carbocycles. The molecule has 0 aromatic heterocycles. The van der Waals surface area contributed by atoms with E-state index in [1.807, 2.05) is 31.2 Å². The number of carbonyl (C=O) groups excluding carboxylic acids is 2. The van der Waals surface area contributed by atoms with E-state index in [4.69, 9.17) is 9.47 Å². The third kappa shape index (κ3) is 3.91. The molecule has 2 aliphatic rings. The minimum atomic E-state index is -0.330. The zero-order valence-electron chi connectivity index (χ0n) is 15.3. The molecule has 0 spiro atoms. The number of hydrogen-bond donors (Lipinski definition) is 2. The Morgan fingerprint density at radius 3 is 2.71 bits per heavy atom. The number of fused-ring (bicyclic) bond motifs is 1. The molecule has 28 heavy (non-hydrogen) atoms. The number of aryl methyl sites for hydroxylation is 1. The largest absolute Gasteiger partial charge is 0.486 e. The van der Waals surface area contributed by atoms with Crippen molar-refractivity contribution in [2.45, 2.75) is 19.4 Å². The quantitative estimate of drug-likeness (QED) is 0.757. The number of nitrogens with one attached hydrogen (secondary N) is 2. The zero-order valence-corrected chi connectivity index (χ0v) is 16.9. The molecule has 0 unspecified atom stereocenters. The highest BCUT2D eigenvalue weighted by Gasteiger charge is 2.32. The zero-order chi connectivity index (χ0) is 19.7. The number of amides is 3. The Balaban J connectivity index is 1.39. The van der Waals surface area contributed by atoms with Crippen LogP contribution in [0.5, 0.6) is 11.5 Å². The molecular weight excluding hydrogens is 426 g/mol. The van der Waals surface area contributed by atoms with E-state index in [-0.39, 0.29) is 24.4 Å². The summed E-state index contributed by atoms with van der Waals surface area (Å²) in [7, 11) is 0. The van der Waals surface area contributed by atoms with Gasteiger partial charge in [-0.1, -0.05) is 15.9 Å². The summed E-state index contributed by atoms with van der Waals surface area (Å²) in [6, 6.07) is 10.4. The van der Waals surface area contributed by atoms with Crippen molar-refractivity contribution in [1.82, 2.24) is 5.32 Å². The van der Waals surface area contributed by atoms with Gasteiger partial charge in [0.1, 0.15) is 13.2 Å². The lowest BCUT2D eigenvalue weighted by Gasteiger charge is -2.22. The molecule has 7 nitrogen and oxygen atoms in total. The second-order valence-electron chi connectivity index (χ2n) is 6.80. The Morgan fingerprint density at radius 1 is 1.14 bits per heavy atom. The van der Waals surface area contributed by atoms with Crippen LogP contribution in [0.4, 0.5) is 16.2 Å². The molecule has 0 radical (unpaired) electrons. The van der Waals surface area contributed by atoms with Crippen LogP contribution in [-0.4, -0.2) is 37.7 Å². The topological polar surface area (TPSA) is 79.9 Å². The molecule has 4 rings (SSSR count). The Hall–Kier alpha value is -2.74. The van der Waals surface area contributed by atoms with Crippen LogP contribution in [0.15, 0.2) is 40.9 Å². The molecule has 0 aliphatic carbocycles. The van der Waals surface area contributed by atoms with Gasteiger partial charge in [-0.2, -0.15) is 0 Å². The van der Waals surface area contributed by atoms with Gasteiger partial charge in [0.2, 0.25) is 5.91 Å². The highest BCUT2D eigenvalue weighted by molar-refractivity contribution is 9.10. The third-order valence-corrected chi connectivity index (χ3v) is 5.60. The summed E-state index contributed by atoms with van der Waals surface area (Å²) in [5.41, 5.74) is 2.47. The standard InChI is InChI=1S/C20H20BrN3O4/c1-12-8-13(2-4-16(12)21)22-20(26)23-14-9-19(25)24(11-14)15-3-5-17-18(10-15)28-7-6-27-17/h2-5,8,10,14H,6-7,9,11H2,1H3,(H2,22,23,26)/t14-/m0/s1. The van der Waals surface area contributed by atoms with Crippen molar-refractivity contribution < 1.29 is 19.1 Å². The van der Waals surface area contributed by atoms with Crippen molar-refractivity contribution in [3.05, 3.63) is 46.4 Å².